The predicted octanol–water partition coefficient (Wildman–Crippen LogP) is 4.17. The van der Waals surface area contributed by atoms with Crippen LogP contribution in [0.2, 0.25) is 0 Å². The third kappa shape index (κ3) is 7.84. The number of halogens is 1. The van der Waals surface area contributed by atoms with Crippen molar-refractivity contribution >= 4 is 43.5 Å². The molecule has 9 heteroatoms. The molecule has 0 fully saturated rings. The van der Waals surface area contributed by atoms with E-state index >= 15 is 0 Å². The van der Waals surface area contributed by atoms with Gasteiger partial charge in [0.15, 0.2) is 0 Å². The third-order valence-electron chi connectivity index (χ3n) is 5.72. The smallest absolute Gasteiger partial charge is 0.244 e. The third-order valence-corrected chi connectivity index (χ3v) is 7.39. The fourth-order valence-corrected chi connectivity index (χ4v) is 4.51. The summed E-state index contributed by atoms with van der Waals surface area (Å²) in [6.07, 6.45) is 2.86. The number of anilines is 1. The van der Waals surface area contributed by atoms with Crippen LogP contribution in [0.25, 0.3) is 0 Å². The quantitative estimate of drug-likeness (QED) is 0.424. The second-order valence-corrected chi connectivity index (χ2v) is 11.3. The molecule has 0 aliphatic rings. The summed E-state index contributed by atoms with van der Waals surface area (Å²) < 4.78 is 27.3. The molecule has 0 saturated carbocycles. The maximum atomic E-state index is 13.5. The van der Waals surface area contributed by atoms with Gasteiger partial charge in [-0.05, 0) is 68.1 Å². The van der Waals surface area contributed by atoms with Gasteiger partial charge in [-0.2, -0.15) is 0 Å². The van der Waals surface area contributed by atoms with Gasteiger partial charge < -0.3 is 10.2 Å². The van der Waals surface area contributed by atoms with Crippen LogP contribution in [0.15, 0.2) is 46.9 Å². The Kier molecular flexibility index (Phi) is 10.1. The molecular formula is C25H34BrN3O4S. The largest absolute Gasteiger partial charge is 0.354 e. The Morgan fingerprint density at radius 3 is 2.26 bits per heavy atom. The van der Waals surface area contributed by atoms with Crippen molar-refractivity contribution in [3.8, 4) is 0 Å². The second kappa shape index (κ2) is 12.4. The van der Waals surface area contributed by atoms with E-state index in [1.807, 2.05) is 51.1 Å². The summed E-state index contributed by atoms with van der Waals surface area (Å²) in [4.78, 5) is 27.7. The van der Waals surface area contributed by atoms with Crippen molar-refractivity contribution < 1.29 is 18.0 Å². The van der Waals surface area contributed by atoms with Gasteiger partial charge in [0.1, 0.15) is 12.6 Å². The summed E-state index contributed by atoms with van der Waals surface area (Å²) in [7, 11) is -3.74. The number of nitrogens with one attached hydrogen (secondary N) is 1. The van der Waals surface area contributed by atoms with Gasteiger partial charge >= 0.3 is 0 Å². The van der Waals surface area contributed by atoms with Gasteiger partial charge in [0.25, 0.3) is 0 Å². The molecule has 0 aromatic heterocycles. The molecule has 34 heavy (non-hydrogen) atoms. The number of unbranched alkanes of at least 4 members (excludes halogenated alkanes) is 1. The van der Waals surface area contributed by atoms with Crippen molar-refractivity contribution in [1.82, 2.24) is 10.2 Å². The lowest BCUT2D eigenvalue weighted by molar-refractivity contribution is -0.139. The molecule has 0 aliphatic carbocycles. The van der Waals surface area contributed by atoms with Gasteiger partial charge in [0.05, 0.1) is 11.9 Å². The maximum absolute atomic E-state index is 13.5. The predicted molar refractivity (Wildman–Crippen MR) is 140 cm³/mol. The zero-order valence-electron chi connectivity index (χ0n) is 20.5. The Hall–Kier alpha value is -2.39. The molecule has 0 unspecified atom stereocenters. The Morgan fingerprint density at radius 2 is 1.71 bits per heavy atom. The van der Waals surface area contributed by atoms with Gasteiger partial charge in [-0.1, -0.05) is 47.5 Å². The summed E-state index contributed by atoms with van der Waals surface area (Å²) in [5, 5.41) is 2.87. The number of aryl methyl sites for hydroxylation is 2. The number of hydrogen-bond acceptors (Lipinski definition) is 4. The van der Waals surface area contributed by atoms with Crippen LogP contribution in [-0.4, -0.2) is 50.5 Å². The minimum Gasteiger partial charge on any atom is -0.354 e. The lowest BCUT2D eigenvalue weighted by Crippen LogP contribution is -2.51. The van der Waals surface area contributed by atoms with Crippen molar-refractivity contribution in [2.45, 2.75) is 53.1 Å². The normalized spacial score (nSPS) is 12.2. The van der Waals surface area contributed by atoms with Crippen molar-refractivity contribution in [3.63, 3.8) is 0 Å². The highest BCUT2D eigenvalue weighted by Gasteiger charge is 2.30. The fraction of sp³-hybridized carbons (Fsp3) is 0.440. The Labute approximate surface area is 211 Å². The Balaban J connectivity index is 2.35. The standard InChI is InChI=1S/C25H34BrN3O4S/c1-6-7-14-27-25(31)20(4)28(16-21-9-11-22(26)12-10-21)24(30)17-29(34(5,32)33)23-13-8-18(2)19(3)15-23/h8-13,15,20H,6-7,14,16-17H2,1-5H3,(H,27,31)/t20-/m0/s1. The molecule has 2 aromatic rings. The van der Waals surface area contributed by atoms with Crippen LogP contribution in [0.3, 0.4) is 0 Å². The maximum Gasteiger partial charge on any atom is 0.244 e. The number of rotatable bonds is 11. The first-order valence-corrected chi connectivity index (χ1v) is 13.9. The minimum absolute atomic E-state index is 0.180. The van der Waals surface area contributed by atoms with E-state index in [9.17, 15) is 18.0 Å². The molecular weight excluding hydrogens is 518 g/mol. The molecule has 2 rings (SSSR count). The van der Waals surface area contributed by atoms with E-state index in [-0.39, 0.29) is 12.5 Å². The first-order chi connectivity index (χ1) is 15.9. The van der Waals surface area contributed by atoms with E-state index in [1.54, 1.807) is 19.1 Å². The van der Waals surface area contributed by atoms with Crippen LogP contribution < -0.4 is 9.62 Å². The lowest BCUT2D eigenvalue weighted by atomic mass is 10.1. The number of hydrogen-bond donors (Lipinski definition) is 1. The molecule has 0 saturated heterocycles. The summed E-state index contributed by atoms with van der Waals surface area (Å²) in [6.45, 7) is 7.84. The summed E-state index contributed by atoms with van der Waals surface area (Å²) in [5.74, 6) is -0.722. The highest BCUT2D eigenvalue weighted by atomic mass is 79.9. The van der Waals surface area contributed by atoms with Gasteiger partial charge in [0, 0.05) is 17.6 Å². The van der Waals surface area contributed by atoms with Gasteiger partial charge in [0.2, 0.25) is 21.8 Å². The molecule has 1 atom stereocenters. The zero-order chi connectivity index (χ0) is 25.5. The SMILES string of the molecule is CCCCNC(=O)[C@H](C)N(Cc1ccc(Br)cc1)C(=O)CN(c1ccc(C)c(C)c1)S(C)(=O)=O. The van der Waals surface area contributed by atoms with E-state index in [0.717, 1.165) is 44.6 Å². The van der Waals surface area contributed by atoms with E-state index < -0.39 is 28.5 Å². The number of amides is 2. The topological polar surface area (TPSA) is 86.8 Å². The lowest BCUT2D eigenvalue weighted by Gasteiger charge is -2.31. The Bertz CT molecular complexity index is 1100. The fourth-order valence-electron chi connectivity index (χ4n) is 3.40. The highest BCUT2D eigenvalue weighted by Crippen LogP contribution is 2.22. The van der Waals surface area contributed by atoms with Crippen LogP contribution >= 0.6 is 15.9 Å². The first kappa shape index (κ1) is 27.9. The van der Waals surface area contributed by atoms with Crippen LogP contribution in [0, 0.1) is 13.8 Å². The summed E-state index contributed by atoms with van der Waals surface area (Å²) >= 11 is 3.40. The van der Waals surface area contributed by atoms with E-state index in [1.165, 1.54) is 4.90 Å². The van der Waals surface area contributed by atoms with Gasteiger partial charge in [-0.3, -0.25) is 13.9 Å². The molecule has 0 spiro atoms. The van der Waals surface area contributed by atoms with Crippen LogP contribution in [0.5, 0.6) is 0 Å². The van der Waals surface area contributed by atoms with Crippen molar-refractivity contribution in [2.24, 2.45) is 0 Å². The molecule has 0 aliphatic heterocycles. The molecule has 0 radical (unpaired) electrons. The molecule has 0 heterocycles. The van der Waals surface area contributed by atoms with E-state index in [2.05, 4.69) is 21.2 Å². The van der Waals surface area contributed by atoms with E-state index in [0.29, 0.717) is 12.2 Å². The number of carbonyl (C=O) groups is 2. The minimum atomic E-state index is -3.74. The molecule has 7 nitrogen and oxygen atoms in total. The molecule has 1 N–H and O–H groups in total. The second-order valence-electron chi connectivity index (χ2n) is 8.51. The summed E-state index contributed by atoms with van der Waals surface area (Å²) in [6, 6.07) is 12.0. The highest BCUT2D eigenvalue weighted by molar-refractivity contribution is 9.10. The molecule has 2 amide bonds. The molecule has 0 bridgehead atoms. The number of sulfonamides is 1. The monoisotopic (exact) mass is 551 g/mol. The molecule has 2 aromatic carbocycles. The van der Waals surface area contributed by atoms with Crippen molar-refractivity contribution in [2.75, 3.05) is 23.7 Å². The molecule has 186 valence electrons. The number of carbonyl (C=O) groups excluding carboxylic acids is 2. The van der Waals surface area contributed by atoms with Gasteiger partial charge in [-0.25, -0.2) is 8.42 Å². The Morgan fingerprint density at radius 1 is 1.06 bits per heavy atom. The van der Waals surface area contributed by atoms with Crippen LogP contribution in [0.1, 0.15) is 43.4 Å². The number of nitrogens with zero attached hydrogens (tertiary/aromatic N) is 2. The summed E-state index contributed by atoms with van der Waals surface area (Å²) in [5.41, 5.74) is 3.20. The van der Waals surface area contributed by atoms with Crippen molar-refractivity contribution in [1.29, 1.82) is 0 Å². The van der Waals surface area contributed by atoms with Crippen molar-refractivity contribution in [3.05, 3.63) is 63.6 Å². The average Bonchev–Trinajstić information content (AvgIpc) is 2.77. The zero-order valence-corrected chi connectivity index (χ0v) is 22.9. The first-order valence-electron chi connectivity index (χ1n) is 11.3. The van der Waals surface area contributed by atoms with E-state index in [4.69, 9.17) is 0 Å². The van der Waals surface area contributed by atoms with Crippen LogP contribution in [-0.2, 0) is 26.2 Å². The average molecular weight is 553 g/mol. The van der Waals surface area contributed by atoms with Gasteiger partial charge in [-0.15, -0.1) is 0 Å². The van der Waals surface area contributed by atoms with Crippen LogP contribution in [0.4, 0.5) is 5.69 Å². The number of benzene rings is 2.